The molecule has 1 heteroatoms. The maximum Gasteiger partial charge on any atom is 0.130 e. The molecule has 1 aliphatic carbocycles. The highest BCUT2D eigenvalue weighted by atomic mass is 16.5. The first-order chi connectivity index (χ1) is 24.0. The van der Waals surface area contributed by atoms with Crippen LogP contribution in [0, 0.1) is 6.92 Å². The van der Waals surface area contributed by atoms with Crippen molar-refractivity contribution in [3.05, 3.63) is 174 Å². The summed E-state index contributed by atoms with van der Waals surface area (Å²) in [4.78, 5) is 0. The zero-order chi connectivity index (χ0) is 33.7. The van der Waals surface area contributed by atoms with Gasteiger partial charge in [-0.25, -0.2) is 0 Å². The molecular weight excluding hydrogens is 593 g/mol. The number of benzene rings is 6. The maximum atomic E-state index is 6.14. The van der Waals surface area contributed by atoms with E-state index in [4.69, 9.17) is 4.74 Å². The zero-order valence-corrected chi connectivity index (χ0v) is 28.9. The highest BCUT2D eigenvalue weighted by Crippen LogP contribution is 2.45. The van der Waals surface area contributed by atoms with Gasteiger partial charge in [-0.1, -0.05) is 123 Å². The molecule has 0 heterocycles. The summed E-state index contributed by atoms with van der Waals surface area (Å²) < 4.78 is 6.14. The minimum Gasteiger partial charge on any atom is -0.457 e. The topological polar surface area (TPSA) is 9.23 Å². The third-order valence-electron chi connectivity index (χ3n) is 9.72. The Morgan fingerprint density at radius 3 is 1.63 bits per heavy atom. The largest absolute Gasteiger partial charge is 0.457 e. The Hall–Kier alpha value is -5.40. The molecule has 49 heavy (non-hydrogen) atoms. The van der Waals surface area contributed by atoms with E-state index in [-0.39, 0.29) is 0 Å². The Kier molecular flexibility index (Phi) is 9.44. The van der Waals surface area contributed by atoms with Crippen molar-refractivity contribution in [2.75, 3.05) is 0 Å². The van der Waals surface area contributed by atoms with Gasteiger partial charge in [0.05, 0.1) is 0 Å². The van der Waals surface area contributed by atoms with Gasteiger partial charge in [-0.3, -0.25) is 0 Å². The Labute approximate surface area is 292 Å². The van der Waals surface area contributed by atoms with E-state index < -0.39 is 0 Å². The summed E-state index contributed by atoms with van der Waals surface area (Å²) in [5.41, 5.74) is 16.4. The number of allylic oxidation sites excluding steroid dienone is 3. The van der Waals surface area contributed by atoms with Crippen molar-refractivity contribution >= 4 is 5.57 Å². The highest BCUT2D eigenvalue weighted by molar-refractivity contribution is 5.83. The molecule has 0 aliphatic heterocycles. The van der Waals surface area contributed by atoms with E-state index in [1.54, 1.807) is 0 Å². The summed E-state index contributed by atoms with van der Waals surface area (Å²) in [6.07, 6.45) is 6.88. The molecule has 0 bridgehead atoms. The molecule has 0 spiro atoms. The fraction of sp³-hybridized carbons (Fsp3) is 0.167. The zero-order valence-electron chi connectivity index (χ0n) is 28.9. The van der Waals surface area contributed by atoms with Gasteiger partial charge in [0, 0.05) is 0 Å². The molecular formula is C48H44O. The van der Waals surface area contributed by atoms with Crippen LogP contribution in [0.15, 0.2) is 158 Å². The predicted molar refractivity (Wildman–Crippen MR) is 209 cm³/mol. The number of para-hydroxylation sites is 1. The van der Waals surface area contributed by atoms with E-state index in [1.165, 1.54) is 79.6 Å². The van der Waals surface area contributed by atoms with Crippen LogP contribution in [0.2, 0.25) is 0 Å². The second-order valence-corrected chi connectivity index (χ2v) is 13.4. The molecule has 1 nitrogen and oxygen atoms in total. The molecule has 1 fully saturated rings. The molecule has 0 radical (unpaired) electrons. The van der Waals surface area contributed by atoms with E-state index in [1.807, 2.05) is 30.3 Å². The Morgan fingerprint density at radius 2 is 1.14 bits per heavy atom. The van der Waals surface area contributed by atoms with Crippen LogP contribution in [0.4, 0.5) is 0 Å². The van der Waals surface area contributed by atoms with Gasteiger partial charge in [0.1, 0.15) is 11.5 Å². The fourth-order valence-electron chi connectivity index (χ4n) is 6.94. The molecule has 0 aromatic heterocycles. The van der Waals surface area contributed by atoms with Crippen molar-refractivity contribution in [2.45, 2.75) is 52.4 Å². The van der Waals surface area contributed by atoms with Crippen LogP contribution in [-0.4, -0.2) is 0 Å². The minimum atomic E-state index is 0.679. The van der Waals surface area contributed by atoms with Gasteiger partial charge in [-0.2, -0.15) is 0 Å². The van der Waals surface area contributed by atoms with Crippen molar-refractivity contribution < 1.29 is 4.74 Å². The lowest BCUT2D eigenvalue weighted by molar-refractivity contribution is 0.479. The van der Waals surface area contributed by atoms with Gasteiger partial charge in [-0.05, 0) is 154 Å². The van der Waals surface area contributed by atoms with Crippen LogP contribution >= 0.6 is 0 Å². The molecule has 0 atom stereocenters. The second-order valence-electron chi connectivity index (χ2n) is 13.4. The smallest absolute Gasteiger partial charge is 0.130 e. The predicted octanol–water partition coefficient (Wildman–Crippen LogP) is 14.1. The van der Waals surface area contributed by atoms with Gasteiger partial charge < -0.3 is 4.74 Å². The lowest BCUT2D eigenvalue weighted by atomic mass is 9.88. The number of aryl methyl sites for hydroxylation is 1. The molecule has 0 amide bonds. The molecule has 6 aromatic rings. The summed E-state index contributed by atoms with van der Waals surface area (Å²) in [6, 6.07) is 50.2. The summed E-state index contributed by atoms with van der Waals surface area (Å²) in [5.74, 6) is 2.40. The van der Waals surface area contributed by atoms with Crippen molar-refractivity contribution in [1.82, 2.24) is 0 Å². The van der Waals surface area contributed by atoms with Gasteiger partial charge in [0.2, 0.25) is 0 Å². The molecule has 242 valence electrons. The number of rotatable bonds is 11. The third-order valence-corrected chi connectivity index (χ3v) is 9.72. The van der Waals surface area contributed by atoms with Crippen LogP contribution in [0.25, 0.3) is 50.1 Å². The van der Waals surface area contributed by atoms with Crippen LogP contribution < -0.4 is 4.74 Å². The molecule has 6 aromatic carbocycles. The SMILES string of the molecule is C=C/C(=C(/C)CCC)c1cc(-c2cccc(-c3cccc(-c4cccc(-c5ccc(Oc6ccccc6)c(C)c5)c4)c3)c2)ccc1C1CC1. The van der Waals surface area contributed by atoms with Gasteiger partial charge in [-0.15, -0.1) is 0 Å². The Morgan fingerprint density at radius 1 is 0.633 bits per heavy atom. The minimum absolute atomic E-state index is 0.679. The normalized spacial score (nSPS) is 13.1. The summed E-state index contributed by atoms with van der Waals surface area (Å²) in [6.45, 7) is 10.9. The fourth-order valence-corrected chi connectivity index (χ4v) is 6.94. The summed E-state index contributed by atoms with van der Waals surface area (Å²) in [7, 11) is 0. The van der Waals surface area contributed by atoms with Gasteiger partial charge in [0.15, 0.2) is 0 Å². The Balaban J connectivity index is 1.17. The van der Waals surface area contributed by atoms with Crippen LogP contribution in [0.3, 0.4) is 0 Å². The second kappa shape index (κ2) is 14.4. The van der Waals surface area contributed by atoms with Crippen LogP contribution in [-0.2, 0) is 0 Å². The highest BCUT2D eigenvalue weighted by Gasteiger charge is 2.27. The van der Waals surface area contributed by atoms with E-state index >= 15 is 0 Å². The molecule has 7 rings (SSSR count). The number of hydrogen-bond donors (Lipinski definition) is 0. The van der Waals surface area contributed by atoms with E-state index in [0.717, 1.165) is 29.9 Å². The molecule has 0 saturated heterocycles. The summed E-state index contributed by atoms with van der Waals surface area (Å²) >= 11 is 0. The lowest BCUT2D eigenvalue weighted by Gasteiger charge is -2.16. The molecule has 1 aliphatic rings. The molecule has 1 saturated carbocycles. The average molecular weight is 637 g/mol. The maximum absolute atomic E-state index is 6.14. The monoisotopic (exact) mass is 636 g/mol. The lowest BCUT2D eigenvalue weighted by Crippen LogP contribution is -1.95. The van der Waals surface area contributed by atoms with Gasteiger partial charge in [0.25, 0.3) is 0 Å². The van der Waals surface area contributed by atoms with Gasteiger partial charge >= 0.3 is 0 Å². The van der Waals surface area contributed by atoms with Crippen LogP contribution in [0.1, 0.15) is 62.1 Å². The Bertz CT molecular complexity index is 2140. The first-order valence-electron chi connectivity index (χ1n) is 17.6. The quantitative estimate of drug-likeness (QED) is 0.129. The number of hydrogen-bond acceptors (Lipinski definition) is 1. The average Bonchev–Trinajstić information content (AvgIpc) is 3.99. The standard InChI is InChI=1S/C48H44O/c1-5-13-33(3)45(6-2)47-32-43(24-26-46(47)35-22-23-35)41-19-12-17-39(31-41)37-15-10-14-36(29-37)38-16-11-18-40(30-38)42-25-27-48(34(4)28-42)49-44-20-8-7-9-21-44/h6-12,14-21,24-32,35H,2,5,13,22-23H2,1,3-4H3/b45-33+. The number of ether oxygens (including phenoxy) is 1. The first kappa shape index (κ1) is 32.2. The van der Waals surface area contributed by atoms with Crippen molar-refractivity contribution in [2.24, 2.45) is 0 Å². The van der Waals surface area contributed by atoms with Crippen molar-refractivity contribution in [3.63, 3.8) is 0 Å². The van der Waals surface area contributed by atoms with Crippen LogP contribution in [0.5, 0.6) is 11.5 Å². The molecule has 0 N–H and O–H groups in total. The van der Waals surface area contributed by atoms with E-state index in [9.17, 15) is 0 Å². The van der Waals surface area contributed by atoms with E-state index in [0.29, 0.717) is 5.92 Å². The summed E-state index contributed by atoms with van der Waals surface area (Å²) in [5, 5.41) is 0. The first-order valence-corrected chi connectivity index (χ1v) is 17.6. The molecule has 0 unspecified atom stereocenters. The van der Waals surface area contributed by atoms with Crippen molar-refractivity contribution in [1.29, 1.82) is 0 Å². The van der Waals surface area contributed by atoms with Crippen molar-refractivity contribution in [3.8, 4) is 56.0 Å². The third kappa shape index (κ3) is 7.22. The van der Waals surface area contributed by atoms with E-state index in [2.05, 4.69) is 143 Å².